The zero-order valence-electron chi connectivity index (χ0n) is 17.6. The van der Waals surface area contributed by atoms with Crippen LogP contribution in [0.15, 0.2) is 47.3 Å². The lowest BCUT2D eigenvalue weighted by Gasteiger charge is -2.14. The third-order valence-corrected chi connectivity index (χ3v) is 4.90. The van der Waals surface area contributed by atoms with Gasteiger partial charge in [-0.15, -0.1) is 0 Å². The fourth-order valence-electron chi connectivity index (χ4n) is 3.14. The second-order valence-corrected chi connectivity index (χ2v) is 7.20. The largest absolute Gasteiger partial charge is 0.449 e. The van der Waals surface area contributed by atoms with Crippen molar-refractivity contribution < 1.29 is 14.3 Å². The number of esters is 1. The van der Waals surface area contributed by atoms with Crippen molar-refractivity contribution >= 4 is 22.9 Å². The first-order valence-electron chi connectivity index (χ1n) is 9.85. The fourth-order valence-corrected chi connectivity index (χ4v) is 3.14. The summed E-state index contributed by atoms with van der Waals surface area (Å²) in [6.07, 6.45) is -0.946. The molecular formula is C23H25N3O4. The average molecular weight is 407 g/mol. The van der Waals surface area contributed by atoms with Gasteiger partial charge < -0.3 is 14.6 Å². The van der Waals surface area contributed by atoms with Crippen molar-refractivity contribution in [3.8, 4) is 0 Å². The van der Waals surface area contributed by atoms with Crippen LogP contribution in [0.2, 0.25) is 0 Å². The summed E-state index contributed by atoms with van der Waals surface area (Å²) in [6, 6.07) is 12.6. The summed E-state index contributed by atoms with van der Waals surface area (Å²) in [5, 5.41) is 2.77. The maximum atomic E-state index is 12.5. The third-order valence-electron chi connectivity index (χ3n) is 4.90. The first kappa shape index (κ1) is 21.2. The van der Waals surface area contributed by atoms with Crippen LogP contribution in [-0.4, -0.2) is 27.5 Å². The zero-order valence-corrected chi connectivity index (χ0v) is 17.6. The summed E-state index contributed by atoms with van der Waals surface area (Å²) in [5.74, 6) is -0.998. The molecule has 7 nitrogen and oxygen atoms in total. The van der Waals surface area contributed by atoms with Crippen LogP contribution in [0.3, 0.4) is 0 Å². The summed E-state index contributed by atoms with van der Waals surface area (Å²) in [6.45, 7) is 7.89. The third kappa shape index (κ3) is 4.56. The molecule has 0 unspecified atom stereocenters. The fraction of sp³-hybridized carbons (Fsp3) is 0.304. The SMILES string of the molecule is CCn1c(=O)c(C)nc2cc(C(=O)O[C@H](C)C(=O)NCc3ccc(C)cc3)ccc21. The number of aryl methyl sites for hydroxylation is 3. The van der Waals surface area contributed by atoms with Gasteiger partial charge in [-0.1, -0.05) is 29.8 Å². The molecule has 156 valence electrons. The molecule has 0 spiro atoms. The van der Waals surface area contributed by atoms with Gasteiger partial charge in [0.05, 0.1) is 16.6 Å². The first-order chi connectivity index (χ1) is 14.3. The number of rotatable bonds is 6. The number of ether oxygens (including phenoxy) is 1. The highest BCUT2D eigenvalue weighted by Gasteiger charge is 2.19. The van der Waals surface area contributed by atoms with Crippen molar-refractivity contribution in [3.63, 3.8) is 0 Å². The van der Waals surface area contributed by atoms with Gasteiger partial charge in [-0.2, -0.15) is 0 Å². The Bertz CT molecular complexity index is 1150. The molecule has 1 amide bonds. The standard InChI is InChI=1S/C23H25N3O4/c1-5-26-20-11-10-18(12-19(20)25-15(3)22(26)28)23(29)30-16(4)21(27)24-13-17-8-6-14(2)7-9-17/h6-12,16H,5,13H2,1-4H3,(H,24,27)/t16-/m1/s1. The lowest BCUT2D eigenvalue weighted by atomic mass is 10.1. The normalized spacial score (nSPS) is 11.9. The van der Waals surface area contributed by atoms with Crippen LogP contribution in [0.25, 0.3) is 11.0 Å². The van der Waals surface area contributed by atoms with Crippen molar-refractivity contribution in [2.45, 2.75) is 46.9 Å². The van der Waals surface area contributed by atoms with Crippen LogP contribution in [0.4, 0.5) is 0 Å². The lowest BCUT2D eigenvalue weighted by molar-refractivity contribution is -0.129. The minimum Gasteiger partial charge on any atom is -0.449 e. The molecule has 2 aromatic carbocycles. The Morgan fingerprint density at radius 1 is 1.13 bits per heavy atom. The number of benzene rings is 2. The Labute approximate surface area is 174 Å². The van der Waals surface area contributed by atoms with Gasteiger partial charge in [-0.05, 0) is 51.5 Å². The molecule has 0 radical (unpaired) electrons. The van der Waals surface area contributed by atoms with Crippen molar-refractivity contribution in [1.82, 2.24) is 14.9 Å². The number of amides is 1. The number of fused-ring (bicyclic) bond motifs is 1. The Kier molecular flexibility index (Phi) is 6.30. The molecular weight excluding hydrogens is 382 g/mol. The van der Waals surface area contributed by atoms with E-state index >= 15 is 0 Å². The van der Waals surface area contributed by atoms with Crippen molar-refractivity contribution in [1.29, 1.82) is 0 Å². The number of aromatic nitrogens is 2. The number of hydrogen-bond acceptors (Lipinski definition) is 5. The molecule has 1 N–H and O–H groups in total. The van der Waals surface area contributed by atoms with E-state index < -0.39 is 12.1 Å². The highest BCUT2D eigenvalue weighted by molar-refractivity contribution is 5.95. The molecule has 0 fully saturated rings. The zero-order chi connectivity index (χ0) is 21.8. The Morgan fingerprint density at radius 2 is 1.83 bits per heavy atom. The number of hydrogen-bond donors (Lipinski definition) is 1. The Morgan fingerprint density at radius 3 is 2.50 bits per heavy atom. The number of carbonyl (C=O) groups excluding carboxylic acids is 2. The predicted octanol–water partition coefficient (Wildman–Crippen LogP) is 2.89. The molecule has 3 rings (SSSR count). The van der Waals surface area contributed by atoms with Crippen molar-refractivity contribution in [2.24, 2.45) is 0 Å². The van der Waals surface area contributed by atoms with E-state index in [-0.39, 0.29) is 17.0 Å². The average Bonchev–Trinajstić information content (AvgIpc) is 2.73. The Balaban J connectivity index is 1.69. The smallest absolute Gasteiger partial charge is 0.338 e. The maximum Gasteiger partial charge on any atom is 0.338 e. The van der Waals surface area contributed by atoms with Gasteiger partial charge in [0.2, 0.25) is 0 Å². The molecule has 3 aromatic rings. The number of nitrogens with one attached hydrogen (secondary N) is 1. The van der Waals surface area contributed by atoms with Crippen molar-refractivity contribution in [3.05, 3.63) is 75.2 Å². The van der Waals surface area contributed by atoms with E-state index in [1.165, 1.54) is 6.92 Å². The van der Waals surface area contributed by atoms with Gasteiger partial charge in [0.15, 0.2) is 6.10 Å². The van der Waals surface area contributed by atoms with E-state index in [2.05, 4.69) is 10.3 Å². The molecule has 0 aliphatic heterocycles. The number of carbonyl (C=O) groups is 2. The minimum absolute atomic E-state index is 0.154. The van der Waals surface area contributed by atoms with E-state index in [0.29, 0.717) is 29.8 Å². The molecule has 1 atom stereocenters. The highest BCUT2D eigenvalue weighted by atomic mass is 16.5. The van der Waals surface area contributed by atoms with Gasteiger partial charge in [0.25, 0.3) is 11.5 Å². The topological polar surface area (TPSA) is 90.3 Å². The highest BCUT2D eigenvalue weighted by Crippen LogP contribution is 2.15. The summed E-state index contributed by atoms with van der Waals surface area (Å²) < 4.78 is 6.92. The monoisotopic (exact) mass is 407 g/mol. The second-order valence-electron chi connectivity index (χ2n) is 7.20. The van der Waals surface area contributed by atoms with E-state index in [0.717, 1.165) is 11.1 Å². The molecule has 0 aliphatic rings. The van der Waals surface area contributed by atoms with E-state index in [9.17, 15) is 14.4 Å². The van der Waals surface area contributed by atoms with Gasteiger partial charge >= 0.3 is 5.97 Å². The quantitative estimate of drug-likeness (QED) is 0.635. The molecule has 0 bridgehead atoms. The van der Waals surface area contributed by atoms with Gasteiger partial charge in [0.1, 0.15) is 5.69 Å². The summed E-state index contributed by atoms with van der Waals surface area (Å²) in [7, 11) is 0. The molecule has 0 saturated heterocycles. The van der Waals surface area contributed by atoms with Crippen LogP contribution in [-0.2, 0) is 22.6 Å². The predicted molar refractivity (Wildman–Crippen MR) is 114 cm³/mol. The Hall–Kier alpha value is -3.48. The molecule has 7 heteroatoms. The van der Waals surface area contributed by atoms with Crippen LogP contribution in [0, 0.1) is 13.8 Å². The van der Waals surface area contributed by atoms with Crippen LogP contribution in [0.1, 0.15) is 41.0 Å². The summed E-state index contributed by atoms with van der Waals surface area (Å²) in [5.41, 5.74) is 3.76. The lowest BCUT2D eigenvalue weighted by Crippen LogP contribution is -2.35. The molecule has 1 heterocycles. The van der Waals surface area contributed by atoms with Crippen LogP contribution in [0.5, 0.6) is 0 Å². The first-order valence-corrected chi connectivity index (χ1v) is 9.85. The molecule has 30 heavy (non-hydrogen) atoms. The maximum absolute atomic E-state index is 12.5. The molecule has 0 saturated carbocycles. The molecule has 0 aliphatic carbocycles. The van der Waals surface area contributed by atoms with E-state index in [1.807, 2.05) is 38.1 Å². The summed E-state index contributed by atoms with van der Waals surface area (Å²) in [4.78, 5) is 41.3. The molecule has 1 aromatic heterocycles. The van der Waals surface area contributed by atoms with Crippen molar-refractivity contribution in [2.75, 3.05) is 0 Å². The van der Waals surface area contributed by atoms with Gasteiger partial charge in [0, 0.05) is 13.1 Å². The van der Waals surface area contributed by atoms with Crippen LogP contribution < -0.4 is 10.9 Å². The van der Waals surface area contributed by atoms with E-state index in [4.69, 9.17) is 4.74 Å². The van der Waals surface area contributed by atoms with Crippen LogP contribution >= 0.6 is 0 Å². The van der Waals surface area contributed by atoms with Gasteiger partial charge in [-0.3, -0.25) is 9.59 Å². The summed E-state index contributed by atoms with van der Waals surface area (Å²) >= 11 is 0. The second kappa shape index (κ2) is 8.90. The minimum atomic E-state index is -0.946. The van der Waals surface area contributed by atoms with Gasteiger partial charge in [-0.25, -0.2) is 9.78 Å². The van der Waals surface area contributed by atoms with E-state index in [1.54, 1.807) is 29.7 Å². The number of nitrogens with zero attached hydrogens (tertiary/aromatic N) is 2.